The number of ether oxygens (including phenoxy) is 4. The van der Waals surface area contributed by atoms with E-state index in [-0.39, 0.29) is 25.7 Å². The molecule has 0 amide bonds. The quantitative estimate of drug-likeness (QED) is 0.0222. The number of carbonyl (C=O) groups excluding carboxylic acids is 4. The van der Waals surface area contributed by atoms with Gasteiger partial charge in [-0.05, 0) is 49.4 Å². The normalized spacial score (nSPS) is 14.4. The highest BCUT2D eigenvalue weighted by Crippen LogP contribution is 2.45. The van der Waals surface area contributed by atoms with Crippen molar-refractivity contribution in [1.29, 1.82) is 0 Å². The van der Waals surface area contributed by atoms with E-state index < -0.39 is 97.5 Å². The molecule has 0 aromatic heterocycles. The van der Waals surface area contributed by atoms with Crippen LogP contribution in [0.3, 0.4) is 0 Å². The van der Waals surface area contributed by atoms with Crippen molar-refractivity contribution < 1.29 is 80.2 Å². The van der Waals surface area contributed by atoms with Crippen molar-refractivity contribution in [2.75, 3.05) is 39.6 Å². The molecule has 0 heterocycles. The maximum absolute atomic E-state index is 13.1. The van der Waals surface area contributed by atoms with Crippen LogP contribution >= 0.6 is 15.6 Å². The fourth-order valence-electron chi connectivity index (χ4n) is 13.3. The zero-order chi connectivity index (χ0) is 77.4. The van der Waals surface area contributed by atoms with Gasteiger partial charge in [0.25, 0.3) is 0 Å². The number of aliphatic hydroxyl groups is 1. The van der Waals surface area contributed by atoms with Crippen molar-refractivity contribution in [1.82, 2.24) is 0 Å². The second-order valence-corrected chi connectivity index (χ2v) is 35.3. The lowest BCUT2D eigenvalue weighted by Crippen LogP contribution is -2.30. The molecule has 0 bridgehead atoms. The number of phosphoric ester groups is 2. The van der Waals surface area contributed by atoms with Gasteiger partial charge in [0.15, 0.2) is 12.2 Å². The predicted molar refractivity (Wildman–Crippen MR) is 432 cm³/mol. The van der Waals surface area contributed by atoms with E-state index >= 15 is 0 Å². The smallest absolute Gasteiger partial charge is 0.462 e. The highest BCUT2D eigenvalue weighted by molar-refractivity contribution is 7.47. The van der Waals surface area contributed by atoms with E-state index in [4.69, 9.17) is 37.0 Å². The van der Waals surface area contributed by atoms with Crippen molar-refractivity contribution in [3.8, 4) is 0 Å². The van der Waals surface area contributed by atoms with Gasteiger partial charge >= 0.3 is 39.5 Å². The van der Waals surface area contributed by atoms with E-state index in [1.54, 1.807) is 0 Å². The summed E-state index contributed by atoms with van der Waals surface area (Å²) >= 11 is 0. The summed E-state index contributed by atoms with van der Waals surface area (Å²) in [6.45, 7) is 14.4. The van der Waals surface area contributed by atoms with Crippen molar-refractivity contribution in [3.05, 3.63) is 0 Å². The van der Waals surface area contributed by atoms with E-state index in [2.05, 4.69) is 55.4 Å². The number of esters is 4. The summed E-state index contributed by atoms with van der Waals surface area (Å²) in [5.74, 6) is 1.08. The second kappa shape index (κ2) is 74.8. The molecule has 19 heteroatoms. The SMILES string of the molecule is CCC(C)CCCCCCCCCCCCCCCCC(=O)OC[C@H](COP(=O)(O)OC[C@@H](O)COP(=O)(O)OC[C@@H](COC(=O)CCCCCCCCC(C)CC)OC(=O)CCCCCCCCCCCCCCCCCCC(C)C)OC(=O)CCCCCCCCCCCCCCCCCC(C)C. The Hall–Kier alpha value is -1.94. The monoisotopic (exact) mass is 1540 g/mol. The van der Waals surface area contributed by atoms with Crippen molar-refractivity contribution in [3.63, 3.8) is 0 Å². The van der Waals surface area contributed by atoms with Crippen LogP contribution in [0.2, 0.25) is 0 Å². The molecule has 0 rings (SSSR count). The third-order valence-corrected chi connectivity index (χ3v) is 22.7. The molecule has 7 atom stereocenters. The van der Waals surface area contributed by atoms with E-state index in [1.165, 1.54) is 244 Å². The number of rotatable bonds is 83. The molecule has 0 fully saturated rings. The van der Waals surface area contributed by atoms with Crippen LogP contribution in [0, 0.1) is 23.7 Å². The molecule has 0 aromatic carbocycles. The Bertz CT molecular complexity index is 2050. The number of carbonyl (C=O) groups is 4. The topological polar surface area (TPSA) is 237 Å². The first-order valence-corrected chi connectivity index (χ1v) is 47.3. The van der Waals surface area contributed by atoms with E-state index in [0.29, 0.717) is 25.7 Å². The van der Waals surface area contributed by atoms with Crippen LogP contribution in [0.1, 0.15) is 447 Å². The van der Waals surface area contributed by atoms with Gasteiger partial charge in [-0.3, -0.25) is 37.3 Å². The first-order chi connectivity index (χ1) is 50.7. The van der Waals surface area contributed by atoms with Gasteiger partial charge in [-0.1, -0.05) is 396 Å². The van der Waals surface area contributed by atoms with Gasteiger partial charge in [0.1, 0.15) is 19.3 Å². The summed E-state index contributed by atoms with van der Waals surface area (Å²) in [4.78, 5) is 73.2. The summed E-state index contributed by atoms with van der Waals surface area (Å²) in [5, 5.41) is 10.7. The van der Waals surface area contributed by atoms with Crippen LogP contribution in [0.15, 0.2) is 0 Å². The molecule has 0 aliphatic rings. The fraction of sp³-hybridized carbons (Fsp3) is 0.953. The molecule has 0 radical (unpaired) electrons. The van der Waals surface area contributed by atoms with Crippen LogP contribution in [0.25, 0.3) is 0 Å². The predicted octanol–water partition coefficient (Wildman–Crippen LogP) is 25.9. The first-order valence-electron chi connectivity index (χ1n) is 44.3. The molecular weight excluding hydrogens is 1370 g/mol. The lowest BCUT2D eigenvalue weighted by atomic mass is 9.99. The standard InChI is InChI=1S/C86H168O17P2/c1-9-78(7)64-56-48-40-34-28-22-18-19-23-29-35-41-50-58-66-83(88)96-72-81(102-85(90)68-61-53-43-37-31-25-17-13-15-21-27-33-39-47-55-63-77(5)6)74-100-104(92,93)98-70-80(87)71-99-105(94,95)101-75-82(73-97-84(89)67-59-51-45-44-49-57-65-79(8)10-2)103-86(91)69-60-52-42-36-30-24-16-12-11-14-20-26-32-38-46-54-62-76(3)4/h76-82,87H,9-75H2,1-8H3,(H,92,93)(H,94,95)/t78?,79?,80-,81-,82-/m1/s1. The molecule has 0 aromatic rings. The maximum Gasteiger partial charge on any atom is 0.472 e. The fourth-order valence-corrected chi connectivity index (χ4v) is 14.8. The van der Waals surface area contributed by atoms with Crippen molar-refractivity contribution in [2.45, 2.75) is 465 Å². The van der Waals surface area contributed by atoms with Crippen molar-refractivity contribution in [2.24, 2.45) is 23.7 Å². The second-order valence-electron chi connectivity index (χ2n) is 32.4. The molecule has 0 aliphatic carbocycles. The number of hydrogen-bond acceptors (Lipinski definition) is 15. The van der Waals surface area contributed by atoms with Crippen LogP contribution in [0.5, 0.6) is 0 Å². The summed E-state index contributed by atoms with van der Waals surface area (Å²) in [5.41, 5.74) is 0. The Kier molecular flexibility index (Phi) is 73.4. The van der Waals surface area contributed by atoms with Gasteiger partial charge in [-0.2, -0.15) is 0 Å². The molecule has 624 valence electrons. The average Bonchev–Trinajstić information content (AvgIpc) is 0.903. The van der Waals surface area contributed by atoms with Crippen LogP contribution in [0.4, 0.5) is 0 Å². The number of phosphoric acid groups is 2. The minimum absolute atomic E-state index is 0.107. The third kappa shape index (κ3) is 77.2. The van der Waals surface area contributed by atoms with Crippen LogP contribution in [-0.4, -0.2) is 96.7 Å². The van der Waals surface area contributed by atoms with E-state index in [0.717, 1.165) is 120 Å². The Morgan fingerprint density at radius 3 is 0.676 bits per heavy atom. The van der Waals surface area contributed by atoms with E-state index in [9.17, 15) is 43.2 Å². The van der Waals surface area contributed by atoms with Crippen LogP contribution < -0.4 is 0 Å². The molecule has 0 saturated heterocycles. The zero-order valence-corrected chi connectivity index (χ0v) is 71.2. The molecule has 3 N–H and O–H groups in total. The third-order valence-electron chi connectivity index (χ3n) is 20.8. The Morgan fingerprint density at radius 1 is 0.267 bits per heavy atom. The summed E-state index contributed by atoms with van der Waals surface area (Å²) < 4.78 is 68.9. The molecule has 0 saturated carbocycles. The minimum Gasteiger partial charge on any atom is -0.462 e. The molecule has 0 aliphatic heterocycles. The lowest BCUT2D eigenvalue weighted by molar-refractivity contribution is -0.161. The highest BCUT2D eigenvalue weighted by atomic mass is 31.2. The van der Waals surface area contributed by atoms with Gasteiger partial charge in [0.2, 0.25) is 0 Å². The van der Waals surface area contributed by atoms with Gasteiger partial charge in [0.05, 0.1) is 26.4 Å². The number of hydrogen-bond donors (Lipinski definition) is 3. The van der Waals surface area contributed by atoms with Gasteiger partial charge in [-0.25, -0.2) is 9.13 Å². The summed E-state index contributed by atoms with van der Waals surface area (Å²) in [6, 6.07) is 0. The summed E-state index contributed by atoms with van der Waals surface area (Å²) in [7, 11) is -9.93. The first kappa shape index (κ1) is 103. The van der Waals surface area contributed by atoms with Gasteiger partial charge < -0.3 is 33.8 Å². The highest BCUT2D eigenvalue weighted by Gasteiger charge is 2.31. The Balaban J connectivity index is 5.24. The van der Waals surface area contributed by atoms with Crippen molar-refractivity contribution >= 4 is 39.5 Å². The number of aliphatic hydroxyl groups excluding tert-OH is 1. The molecule has 105 heavy (non-hydrogen) atoms. The van der Waals surface area contributed by atoms with Gasteiger partial charge in [0, 0.05) is 25.7 Å². The molecule has 17 nitrogen and oxygen atoms in total. The van der Waals surface area contributed by atoms with Gasteiger partial charge in [-0.15, -0.1) is 0 Å². The lowest BCUT2D eigenvalue weighted by Gasteiger charge is -2.21. The van der Waals surface area contributed by atoms with E-state index in [1.807, 2.05) is 0 Å². The molecular formula is C86H168O17P2. The Labute approximate surface area is 645 Å². The average molecular weight is 1540 g/mol. The summed E-state index contributed by atoms with van der Waals surface area (Å²) in [6.07, 6.45) is 63.8. The maximum atomic E-state index is 13.1. The van der Waals surface area contributed by atoms with Crippen LogP contribution in [-0.2, 0) is 65.4 Å². The Morgan fingerprint density at radius 2 is 0.457 bits per heavy atom. The molecule has 4 unspecified atom stereocenters. The number of unbranched alkanes of at least 4 members (excludes halogenated alkanes) is 47. The zero-order valence-electron chi connectivity index (χ0n) is 69.4. The largest absolute Gasteiger partial charge is 0.472 e. The minimum atomic E-state index is -4.97. The molecule has 0 spiro atoms.